The lowest BCUT2D eigenvalue weighted by atomic mass is 10.2. The van der Waals surface area contributed by atoms with E-state index in [4.69, 9.17) is 20.8 Å². The van der Waals surface area contributed by atoms with Gasteiger partial charge >= 0.3 is 5.97 Å². The number of ether oxygens (including phenoxy) is 1. The highest BCUT2D eigenvalue weighted by atomic mass is 32.2. The van der Waals surface area contributed by atoms with Gasteiger partial charge in [-0.05, 0) is 36.4 Å². The van der Waals surface area contributed by atoms with E-state index < -0.39 is 12.0 Å². The standard InChI is InChI=1S/C13H16N2O3S/c14-9-10-1-3-11(4-2-10)18-6-8-19-7-5-12(15)13(16)17/h1-4,12H,5-8,15H2,(H,16,17). The van der Waals surface area contributed by atoms with Crippen molar-refractivity contribution in [1.29, 1.82) is 5.26 Å². The van der Waals surface area contributed by atoms with Gasteiger partial charge < -0.3 is 15.6 Å². The van der Waals surface area contributed by atoms with Gasteiger partial charge in [0.1, 0.15) is 11.8 Å². The molecule has 102 valence electrons. The second-order valence-electron chi connectivity index (χ2n) is 3.83. The molecular formula is C13H16N2O3S. The number of nitrogens with zero attached hydrogens (tertiary/aromatic N) is 1. The monoisotopic (exact) mass is 280 g/mol. The summed E-state index contributed by atoms with van der Waals surface area (Å²) in [4.78, 5) is 10.5. The molecule has 0 aliphatic carbocycles. The molecular weight excluding hydrogens is 264 g/mol. The predicted molar refractivity (Wildman–Crippen MR) is 74.2 cm³/mol. The van der Waals surface area contributed by atoms with Crippen LogP contribution in [0.4, 0.5) is 0 Å². The Morgan fingerprint density at radius 3 is 2.68 bits per heavy atom. The molecule has 0 aliphatic rings. The van der Waals surface area contributed by atoms with Crippen LogP contribution in [-0.2, 0) is 4.79 Å². The van der Waals surface area contributed by atoms with Gasteiger partial charge in [0.15, 0.2) is 0 Å². The molecule has 0 spiro atoms. The summed E-state index contributed by atoms with van der Waals surface area (Å²) in [5.74, 6) is 1.23. The highest BCUT2D eigenvalue weighted by Crippen LogP contribution is 2.12. The Labute approximate surface area is 116 Å². The lowest BCUT2D eigenvalue weighted by Crippen LogP contribution is -2.30. The van der Waals surface area contributed by atoms with E-state index in [2.05, 4.69) is 0 Å². The Morgan fingerprint density at radius 2 is 2.11 bits per heavy atom. The van der Waals surface area contributed by atoms with Gasteiger partial charge in [0.05, 0.1) is 18.2 Å². The summed E-state index contributed by atoms with van der Waals surface area (Å²) in [7, 11) is 0. The molecule has 0 amide bonds. The summed E-state index contributed by atoms with van der Waals surface area (Å²) in [6, 6.07) is 8.17. The zero-order valence-electron chi connectivity index (χ0n) is 10.4. The predicted octanol–water partition coefficient (Wildman–Crippen LogP) is 1.47. The van der Waals surface area contributed by atoms with Crippen LogP contribution in [0.5, 0.6) is 5.75 Å². The third-order valence-electron chi connectivity index (χ3n) is 2.37. The molecule has 0 aromatic heterocycles. The molecule has 0 saturated heterocycles. The van der Waals surface area contributed by atoms with Crippen LogP contribution in [0.1, 0.15) is 12.0 Å². The normalized spacial score (nSPS) is 11.6. The Kier molecular flexibility index (Phi) is 6.79. The van der Waals surface area contributed by atoms with Gasteiger partial charge in [0.25, 0.3) is 0 Å². The van der Waals surface area contributed by atoms with Crippen molar-refractivity contribution in [3.63, 3.8) is 0 Å². The van der Waals surface area contributed by atoms with Crippen molar-refractivity contribution >= 4 is 17.7 Å². The fraction of sp³-hybridized carbons (Fsp3) is 0.385. The molecule has 0 bridgehead atoms. The number of nitriles is 1. The third-order valence-corrected chi connectivity index (χ3v) is 3.35. The first-order chi connectivity index (χ1) is 9.13. The molecule has 1 aromatic carbocycles. The molecule has 5 nitrogen and oxygen atoms in total. The molecule has 0 heterocycles. The summed E-state index contributed by atoms with van der Waals surface area (Å²) in [6.07, 6.45) is 0.455. The number of benzene rings is 1. The molecule has 6 heteroatoms. The Bertz CT molecular complexity index is 442. The van der Waals surface area contributed by atoms with Gasteiger partial charge in [-0.1, -0.05) is 0 Å². The fourth-order valence-corrected chi connectivity index (χ4v) is 2.11. The SMILES string of the molecule is N#Cc1ccc(OCCSCCC(N)C(=O)O)cc1. The number of carboxylic acid groups (broad SMARTS) is 1. The summed E-state index contributed by atoms with van der Waals surface area (Å²) in [5.41, 5.74) is 5.98. The molecule has 1 atom stereocenters. The van der Waals surface area contributed by atoms with Crippen LogP contribution in [0.25, 0.3) is 0 Å². The second-order valence-corrected chi connectivity index (χ2v) is 5.06. The Morgan fingerprint density at radius 1 is 1.42 bits per heavy atom. The smallest absolute Gasteiger partial charge is 0.320 e. The number of aliphatic carboxylic acids is 1. The molecule has 1 unspecified atom stereocenters. The van der Waals surface area contributed by atoms with E-state index in [1.807, 2.05) is 6.07 Å². The van der Waals surface area contributed by atoms with Crippen molar-refractivity contribution in [2.75, 3.05) is 18.1 Å². The molecule has 19 heavy (non-hydrogen) atoms. The number of carboxylic acids is 1. The van der Waals surface area contributed by atoms with Crippen LogP contribution in [0, 0.1) is 11.3 Å². The topological polar surface area (TPSA) is 96.3 Å². The number of thioether (sulfide) groups is 1. The number of hydrogen-bond donors (Lipinski definition) is 2. The van der Waals surface area contributed by atoms with Crippen LogP contribution in [-0.4, -0.2) is 35.2 Å². The number of carbonyl (C=O) groups is 1. The van der Waals surface area contributed by atoms with Crippen molar-refractivity contribution in [2.45, 2.75) is 12.5 Å². The average molecular weight is 280 g/mol. The van der Waals surface area contributed by atoms with Gasteiger partial charge in [-0.25, -0.2) is 0 Å². The highest BCUT2D eigenvalue weighted by Gasteiger charge is 2.09. The summed E-state index contributed by atoms with van der Waals surface area (Å²) in [6.45, 7) is 0.541. The van der Waals surface area contributed by atoms with Crippen molar-refractivity contribution in [3.05, 3.63) is 29.8 Å². The minimum Gasteiger partial charge on any atom is -0.493 e. The van der Waals surface area contributed by atoms with Crippen molar-refractivity contribution < 1.29 is 14.6 Å². The largest absolute Gasteiger partial charge is 0.493 e. The van der Waals surface area contributed by atoms with Gasteiger partial charge in [-0.3, -0.25) is 4.79 Å². The Hall–Kier alpha value is -1.71. The van der Waals surface area contributed by atoms with Crippen LogP contribution in [0.3, 0.4) is 0 Å². The van der Waals surface area contributed by atoms with Crippen LogP contribution < -0.4 is 10.5 Å². The zero-order valence-corrected chi connectivity index (χ0v) is 11.2. The molecule has 1 rings (SSSR count). The van der Waals surface area contributed by atoms with E-state index in [1.54, 1.807) is 36.0 Å². The lowest BCUT2D eigenvalue weighted by molar-refractivity contribution is -0.138. The summed E-state index contributed by atoms with van der Waals surface area (Å²) >= 11 is 1.61. The number of rotatable bonds is 8. The van der Waals surface area contributed by atoms with E-state index in [0.717, 1.165) is 11.5 Å². The Balaban J connectivity index is 2.10. The molecule has 0 aliphatic heterocycles. The van der Waals surface area contributed by atoms with Crippen LogP contribution in [0.15, 0.2) is 24.3 Å². The molecule has 1 aromatic rings. The van der Waals surface area contributed by atoms with Crippen LogP contribution >= 0.6 is 11.8 Å². The lowest BCUT2D eigenvalue weighted by Gasteiger charge is -2.07. The second kappa shape index (κ2) is 8.40. The van der Waals surface area contributed by atoms with Crippen LogP contribution in [0.2, 0.25) is 0 Å². The first kappa shape index (κ1) is 15.3. The summed E-state index contributed by atoms with van der Waals surface area (Å²) < 4.78 is 5.48. The minimum atomic E-state index is -0.963. The molecule has 3 N–H and O–H groups in total. The van der Waals surface area contributed by atoms with Crippen molar-refractivity contribution in [3.8, 4) is 11.8 Å². The molecule has 0 radical (unpaired) electrons. The molecule has 0 saturated carbocycles. The minimum absolute atomic E-state index is 0.455. The number of nitrogens with two attached hydrogens (primary N) is 1. The first-order valence-electron chi connectivity index (χ1n) is 5.82. The maximum absolute atomic E-state index is 10.5. The maximum Gasteiger partial charge on any atom is 0.320 e. The van der Waals surface area contributed by atoms with E-state index in [9.17, 15) is 4.79 Å². The van der Waals surface area contributed by atoms with E-state index >= 15 is 0 Å². The summed E-state index contributed by atoms with van der Waals surface area (Å²) in [5, 5.41) is 17.2. The highest BCUT2D eigenvalue weighted by molar-refractivity contribution is 7.99. The van der Waals surface area contributed by atoms with Gasteiger partial charge in [0, 0.05) is 5.75 Å². The fourth-order valence-electron chi connectivity index (χ4n) is 1.28. The van der Waals surface area contributed by atoms with Gasteiger partial charge in [0.2, 0.25) is 0 Å². The van der Waals surface area contributed by atoms with Crippen molar-refractivity contribution in [1.82, 2.24) is 0 Å². The third kappa shape index (κ3) is 6.13. The van der Waals surface area contributed by atoms with Crippen molar-refractivity contribution in [2.24, 2.45) is 5.73 Å². The van der Waals surface area contributed by atoms with Gasteiger partial charge in [-0.15, -0.1) is 0 Å². The first-order valence-corrected chi connectivity index (χ1v) is 6.98. The van der Waals surface area contributed by atoms with E-state index in [1.165, 1.54) is 0 Å². The maximum atomic E-state index is 10.5. The zero-order chi connectivity index (χ0) is 14.1. The van der Waals surface area contributed by atoms with Gasteiger partial charge in [-0.2, -0.15) is 17.0 Å². The molecule has 0 fully saturated rings. The van der Waals surface area contributed by atoms with E-state index in [-0.39, 0.29) is 0 Å². The quantitative estimate of drug-likeness (QED) is 0.700. The average Bonchev–Trinajstić information content (AvgIpc) is 2.42. The van der Waals surface area contributed by atoms with E-state index in [0.29, 0.717) is 24.3 Å². The number of hydrogen-bond acceptors (Lipinski definition) is 5.